The van der Waals surface area contributed by atoms with Crippen LogP contribution in [0.15, 0.2) is 0 Å². The van der Waals surface area contributed by atoms with Crippen molar-refractivity contribution in [2.24, 2.45) is 0 Å². The topological polar surface area (TPSA) is 18.5 Å². The maximum atomic E-state index is 5.55. The fourth-order valence-corrected chi connectivity index (χ4v) is 1.22. The zero-order chi connectivity index (χ0) is 8.10. The van der Waals surface area contributed by atoms with E-state index in [1.807, 2.05) is 0 Å². The van der Waals surface area contributed by atoms with E-state index >= 15 is 0 Å². The Hall–Kier alpha value is -0.0151. The van der Waals surface area contributed by atoms with E-state index in [1.54, 1.807) is 0 Å². The molecule has 0 aromatic rings. The van der Waals surface area contributed by atoms with Crippen molar-refractivity contribution in [3.63, 3.8) is 0 Å². The van der Waals surface area contributed by atoms with Gasteiger partial charge in [0.1, 0.15) is 7.85 Å². The van der Waals surface area contributed by atoms with Crippen molar-refractivity contribution in [1.29, 1.82) is 0 Å². The van der Waals surface area contributed by atoms with Crippen molar-refractivity contribution >= 4 is 7.85 Å². The normalized spacial score (nSPS) is 31.0. The van der Waals surface area contributed by atoms with Crippen LogP contribution in [0.1, 0.15) is 26.2 Å². The van der Waals surface area contributed by atoms with Gasteiger partial charge in [-0.05, 0) is 19.3 Å². The smallest absolute Gasteiger partial charge is 0.109 e. The van der Waals surface area contributed by atoms with E-state index in [0.29, 0.717) is 6.61 Å². The summed E-state index contributed by atoms with van der Waals surface area (Å²) in [4.78, 5) is 0. The highest BCUT2D eigenvalue weighted by atomic mass is 16.5. The second-order valence-electron chi connectivity index (χ2n) is 2.95. The summed E-state index contributed by atoms with van der Waals surface area (Å²) in [5.74, 6) is 0. The summed E-state index contributed by atoms with van der Waals surface area (Å²) in [5.41, 5.74) is 0. The van der Waals surface area contributed by atoms with Crippen LogP contribution in [-0.4, -0.2) is 33.2 Å². The average molecular weight is 154 g/mol. The molecule has 0 aromatic heterocycles. The van der Waals surface area contributed by atoms with Gasteiger partial charge in [0.05, 0.1) is 12.7 Å². The van der Waals surface area contributed by atoms with Crippen molar-refractivity contribution in [1.82, 2.24) is 0 Å². The van der Waals surface area contributed by atoms with E-state index in [2.05, 4.69) is 6.92 Å². The molecule has 0 aliphatic carbocycles. The molecule has 2 radical (unpaired) electrons. The molecule has 0 N–H and O–H groups in total. The summed E-state index contributed by atoms with van der Waals surface area (Å²) >= 11 is 0. The first kappa shape index (κ1) is 9.08. The zero-order valence-corrected chi connectivity index (χ0v) is 7.08. The molecule has 0 amide bonds. The first-order valence-electron chi connectivity index (χ1n) is 4.31. The molecule has 1 heterocycles. The Balaban J connectivity index is 1.99. The lowest BCUT2D eigenvalue weighted by Crippen LogP contribution is -2.17. The predicted molar refractivity (Wildman–Crippen MR) is 44.8 cm³/mol. The largest absolute Gasteiger partial charge is 0.382 e. The van der Waals surface area contributed by atoms with Crippen LogP contribution in [-0.2, 0) is 9.47 Å². The first-order chi connectivity index (χ1) is 5.33. The lowest BCUT2D eigenvalue weighted by molar-refractivity contribution is 0.00712. The highest BCUT2D eigenvalue weighted by Crippen LogP contribution is 2.17. The molecule has 11 heavy (non-hydrogen) atoms. The van der Waals surface area contributed by atoms with Gasteiger partial charge in [0.2, 0.25) is 0 Å². The lowest BCUT2D eigenvalue weighted by Gasteiger charge is -2.10. The van der Waals surface area contributed by atoms with Crippen LogP contribution in [0.2, 0.25) is 0 Å². The summed E-state index contributed by atoms with van der Waals surface area (Å²) in [7, 11) is 5.55. The molecule has 0 spiro atoms. The molecular weight excluding hydrogens is 139 g/mol. The summed E-state index contributed by atoms with van der Waals surface area (Å²) in [5, 5.41) is 0. The molecule has 1 aliphatic heterocycles. The van der Waals surface area contributed by atoms with Crippen molar-refractivity contribution < 1.29 is 9.47 Å². The summed E-state index contributed by atoms with van der Waals surface area (Å²) in [6, 6.07) is -0.0507. The monoisotopic (exact) mass is 154 g/mol. The zero-order valence-electron chi connectivity index (χ0n) is 7.08. The third-order valence-corrected chi connectivity index (χ3v) is 1.79. The molecule has 0 aromatic carbocycles. The Bertz CT molecular complexity index is 108. The van der Waals surface area contributed by atoms with Gasteiger partial charge >= 0.3 is 0 Å². The molecule has 0 bridgehead atoms. The van der Waals surface area contributed by atoms with Gasteiger partial charge in [-0.1, -0.05) is 6.92 Å². The van der Waals surface area contributed by atoms with E-state index in [0.717, 1.165) is 25.9 Å². The highest BCUT2D eigenvalue weighted by Gasteiger charge is 2.20. The van der Waals surface area contributed by atoms with Crippen molar-refractivity contribution in [3.05, 3.63) is 0 Å². The van der Waals surface area contributed by atoms with Crippen LogP contribution in [0.3, 0.4) is 0 Å². The number of rotatable bonds is 4. The van der Waals surface area contributed by atoms with Gasteiger partial charge in [0, 0.05) is 12.6 Å². The van der Waals surface area contributed by atoms with Gasteiger partial charge in [-0.15, -0.1) is 0 Å². The minimum Gasteiger partial charge on any atom is -0.382 e. The quantitative estimate of drug-likeness (QED) is 0.445. The van der Waals surface area contributed by atoms with Gasteiger partial charge in [-0.25, -0.2) is 0 Å². The van der Waals surface area contributed by atoms with E-state index in [4.69, 9.17) is 17.3 Å². The number of hydrogen-bond donors (Lipinski definition) is 0. The third kappa shape index (κ3) is 3.26. The Morgan fingerprint density at radius 1 is 1.55 bits per heavy atom. The van der Waals surface area contributed by atoms with E-state index in [9.17, 15) is 0 Å². The van der Waals surface area contributed by atoms with Crippen molar-refractivity contribution in [2.75, 3.05) is 13.2 Å². The molecule has 2 atom stereocenters. The summed E-state index contributed by atoms with van der Waals surface area (Å²) in [6.07, 6.45) is 3.33. The van der Waals surface area contributed by atoms with Gasteiger partial charge in [0.15, 0.2) is 0 Å². The van der Waals surface area contributed by atoms with Crippen LogP contribution in [0.5, 0.6) is 0 Å². The standard InChI is InChI=1S/C8H15BO2/c1-2-5-10-6-7-3-4-8(9)11-7/h7-8H,2-6H2,1H3/t7-,8+/m0/s1. The second-order valence-corrected chi connectivity index (χ2v) is 2.95. The van der Waals surface area contributed by atoms with Gasteiger partial charge in [-0.2, -0.15) is 0 Å². The minimum absolute atomic E-state index is 0.0507. The van der Waals surface area contributed by atoms with E-state index < -0.39 is 0 Å². The van der Waals surface area contributed by atoms with Crippen LogP contribution >= 0.6 is 0 Å². The van der Waals surface area contributed by atoms with Crippen LogP contribution in [0.25, 0.3) is 0 Å². The van der Waals surface area contributed by atoms with Crippen LogP contribution in [0, 0.1) is 0 Å². The Morgan fingerprint density at radius 2 is 2.36 bits per heavy atom. The SMILES string of the molecule is [B][C@H]1CC[C@@H](COCCC)O1. The maximum absolute atomic E-state index is 5.55. The predicted octanol–water partition coefficient (Wildman–Crippen LogP) is 1.09. The third-order valence-electron chi connectivity index (χ3n) is 1.79. The summed E-state index contributed by atoms with van der Waals surface area (Å²) < 4.78 is 10.7. The van der Waals surface area contributed by atoms with Crippen molar-refractivity contribution in [3.8, 4) is 0 Å². The second kappa shape index (κ2) is 4.78. The molecule has 2 nitrogen and oxygen atoms in total. The molecule has 3 heteroatoms. The number of hydrogen-bond acceptors (Lipinski definition) is 2. The molecule has 62 valence electrons. The average Bonchev–Trinajstić information content (AvgIpc) is 2.37. The van der Waals surface area contributed by atoms with Gasteiger partial charge in [0.25, 0.3) is 0 Å². The summed E-state index contributed by atoms with van der Waals surface area (Å²) in [6.45, 7) is 3.64. The van der Waals surface area contributed by atoms with Crippen LogP contribution in [0.4, 0.5) is 0 Å². The van der Waals surface area contributed by atoms with E-state index in [1.165, 1.54) is 0 Å². The van der Waals surface area contributed by atoms with E-state index in [-0.39, 0.29) is 12.1 Å². The maximum Gasteiger partial charge on any atom is 0.109 e. The minimum atomic E-state index is -0.0507. The molecule has 0 unspecified atom stereocenters. The molecule has 0 saturated carbocycles. The molecule has 1 fully saturated rings. The van der Waals surface area contributed by atoms with Gasteiger partial charge in [-0.3, -0.25) is 0 Å². The van der Waals surface area contributed by atoms with Crippen molar-refractivity contribution in [2.45, 2.75) is 38.3 Å². The highest BCUT2D eigenvalue weighted by molar-refractivity contribution is 6.11. The van der Waals surface area contributed by atoms with Gasteiger partial charge < -0.3 is 9.47 Å². The fourth-order valence-electron chi connectivity index (χ4n) is 1.22. The molecule has 1 rings (SSSR count). The fraction of sp³-hybridized carbons (Fsp3) is 1.00. The Morgan fingerprint density at radius 3 is 2.91 bits per heavy atom. The van der Waals surface area contributed by atoms with Crippen LogP contribution < -0.4 is 0 Å². The number of ether oxygens (including phenoxy) is 2. The molecule has 1 aliphatic rings. The first-order valence-corrected chi connectivity index (χ1v) is 4.31. The molecule has 1 saturated heterocycles. The lowest BCUT2D eigenvalue weighted by atomic mass is 9.97. The molecular formula is C8H15BO2. The Kier molecular flexibility index (Phi) is 3.94. The Labute approximate surface area is 69.7 Å².